The van der Waals surface area contributed by atoms with Gasteiger partial charge < -0.3 is 15.4 Å². The number of nitrogens with zero attached hydrogens (tertiary/aromatic N) is 4. The van der Waals surface area contributed by atoms with Crippen molar-refractivity contribution in [3.8, 4) is 0 Å². The Morgan fingerprint density at radius 2 is 2.04 bits per heavy atom. The van der Waals surface area contributed by atoms with Crippen LogP contribution in [0.5, 0.6) is 0 Å². The van der Waals surface area contributed by atoms with Gasteiger partial charge >= 0.3 is 0 Å². The molecule has 7 nitrogen and oxygen atoms in total. The van der Waals surface area contributed by atoms with Crippen molar-refractivity contribution in [2.24, 2.45) is 12.0 Å². The van der Waals surface area contributed by atoms with Crippen LogP contribution in [0.1, 0.15) is 31.4 Å². The van der Waals surface area contributed by atoms with Gasteiger partial charge in [-0.1, -0.05) is 0 Å². The first-order valence-electron chi connectivity index (χ1n) is 8.98. The number of aromatic nitrogens is 2. The van der Waals surface area contributed by atoms with Gasteiger partial charge in [0.2, 0.25) is 0 Å². The van der Waals surface area contributed by atoms with Gasteiger partial charge in [0.25, 0.3) is 0 Å². The van der Waals surface area contributed by atoms with E-state index in [0.29, 0.717) is 0 Å². The molecule has 0 unspecified atom stereocenters. The molecule has 134 valence electrons. The van der Waals surface area contributed by atoms with Gasteiger partial charge in [-0.3, -0.25) is 14.6 Å². The van der Waals surface area contributed by atoms with Crippen LogP contribution in [0.4, 0.5) is 0 Å². The number of nitrogens with one attached hydrogen (secondary N) is 2. The molecule has 0 bridgehead atoms. The average molecular weight is 334 g/mol. The molecule has 0 aliphatic carbocycles. The van der Waals surface area contributed by atoms with E-state index in [-0.39, 0.29) is 5.54 Å². The molecule has 3 rings (SSSR count). The summed E-state index contributed by atoms with van der Waals surface area (Å²) >= 11 is 0. The Morgan fingerprint density at radius 3 is 2.67 bits per heavy atom. The van der Waals surface area contributed by atoms with Crippen LogP contribution in [0.25, 0.3) is 0 Å². The molecular weight excluding hydrogens is 304 g/mol. The van der Waals surface area contributed by atoms with Crippen LogP contribution in [-0.2, 0) is 18.3 Å². The monoisotopic (exact) mass is 334 g/mol. The molecule has 24 heavy (non-hydrogen) atoms. The van der Waals surface area contributed by atoms with Crippen LogP contribution in [0, 0.1) is 0 Å². The molecule has 0 saturated carbocycles. The van der Waals surface area contributed by atoms with Crippen molar-refractivity contribution >= 4 is 5.96 Å². The molecule has 0 amide bonds. The average Bonchev–Trinajstić information content (AvgIpc) is 3.28. The van der Waals surface area contributed by atoms with Crippen molar-refractivity contribution in [3.05, 3.63) is 18.0 Å². The predicted molar refractivity (Wildman–Crippen MR) is 95.0 cm³/mol. The number of ether oxygens (including phenoxy) is 1. The molecule has 0 spiro atoms. The molecule has 1 aromatic heterocycles. The SMILES string of the molecule is CN=C(NCc1ccnn1C)NCC1(N2CCCC2)CCOCC1. The van der Waals surface area contributed by atoms with Gasteiger partial charge in [0, 0.05) is 45.6 Å². The Hall–Kier alpha value is -1.60. The molecule has 7 heteroatoms. The second kappa shape index (κ2) is 7.98. The van der Waals surface area contributed by atoms with Crippen molar-refractivity contribution in [2.45, 2.75) is 37.8 Å². The summed E-state index contributed by atoms with van der Waals surface area (Å²) in [5.41, 5.74) is 1.34. The molecule has 1 aromatic rings. The van der Waals surface area contributed by atoms with E-state index < -0.39 is 0 Å². The molecular formula is C17H30N6O. The maximum absolute atomic E-state index is 5.62. The number of rotatable bonds is 5. The highest BCUT2D eigenvalue weighted by Gasteiger charge is 2.39. The molecule has 0 radical (unpaired) electrons. The van der Waals surface area contributed by atoms with Gasteiger partial charge in [-0.15, -0.1) is 0 Å². The summed E-state index contributed by atoms with van der Waals surface area (Å²) in [5, 5.41) is 11.1. The van der Waals surface area contributed by atoms with Crippen LogP contribution in [0.15, 0.2) is 17.3 Å². The molecule has 2 saturated heterocycles. The Labute approximate surface area is 144 Å². The number of hydrogen-bond acceptors (Lipinski definition) is 4. The zero-order valence-corrected chi connectivity index (χ0v) is 14.9. The zero-order valence-electron chi connectivity index (χ0n) is 14.9. The van der Waals surface area contributed by atoms with E-state index in [1.807, 2.05) is 31.0 Å². The van der Waals surface area contributed by atoms with E-state index in [4.69, 9.17) is 4.74 Å². The summed E-state index contributed by atoms with van der Waals surface area (Å²) in [6, 6.07) is 2.02. The van der Waals surface area contributed by atoms with E-state index in [1.165, 1.54) is 25.9 Å². The minimum absolute atomic E-state index is 0.207. The predicted octanol–water partition coefficient (Wildman–Crippen LogP) is 0.730. The first-order valence-corrected chi connectivity index (χ1v) is 8.98. The van der Waals surface area contributed by atoms with E-state index in [1.54, 1.807) is 0 Å². The molecule has 2 fully saturated rings. The van der Waals surface area contributed by atoms with E-state index in [2.05, 4.69) is 25.6 Å². The smallest absolute Gasteiger partial charge is 0.191 e. The summed E-state index contributed by atoms with van der Waals surface area (Å²) in [6.45, 7) is 5.78. The van der Waals surface area contributed by atoms with Crippen molar-refractivity contribution < 1.29 is 4.74 Å². The lowest BCUT2D eigenvalue weighted by atomic mass is 9.88. The highest BCUT2D eigenvalue weighted by molar-refractivity contribution is 5.79. The maximum Gasteiger partial charge on any atom is 0.191 e. The number of aliphatic imine (C=N–C) groups is 1. The Kier molecular flexibility index (Phi) is 5.73. The van der Waals surface area contributed by atoms with Crippen LogP contribution < -0.4 is 10.6 Å². The van der Waals surface area contributed by atoms with E-state index in [9.17, 15) is 0 Å². The van der Waals surface area contributed by atoms with Crippen molar-refractivity contribution in [1.29, 1.82) is 0 Å². The topological polar surface area (TPSA) is 66.7 Å². The standard InChI is InChI=1S/C17H30N6O/c1-18-16(19-13-15-5-8-21-22(15)2)20-14-17(6-11-24-12-7-17)23-9-3-4-10-23/h5,8H,3-4,6-7,9-14H2,1-2H3,(H2,18,19,20). The van der Waals surface area contributed by atoms with E-state index in [0.717, 1.165) is 50.8 Å². The molecule has 2 aliphatic heterocycles. The molecule has 3 heterocycles. The van der Waals surface area contributed by atoms with Crippen LogP contribution >= 0.6 is 0 Å². The Morgan fingerprint density at radius 1 is 1.29 bits per heavy atom. The van der Waals surface area contributed by atoms with Crippen molar-refractivity contribution in [1.82, 2.24) is 25.3 Å². The van der Waals surface area contributed by atoms with Gasteiger partial charge in [-0.2, -0.15) is 5.10 Å². The third-order valence-corrected chi connectivity index (χ3v) is 5.37. The molecule has 0 atom stereocenters. The van der Waals surface area contributed by atoms with Crippen LogP contribution in [-0.4, -0.2) is 66.1 Å². The zero-order chi connectivity index (χ0) is 16.8. The lowest BCUT2D eigenvalue weighted by molar-refractivity contribution is -0.0164. The Balaban J connectivity index is 1.57. The fourth-order valence-corrected chi connectivity index (χ4v) is 3.77. The number of aryl methyl sites for hydroxylation is 1. The lowest BCUT2D eigenvalue weighted by Crippen LogP contribution is -2.58. The first kappa shape index (κ1) is 17.2. The molecule has 2 N–H and O–H groups in total. The van der Waals surface area contributed by atoms with Gasteiger partial charge in [0.05, 0.1) is 12.2 Å². The summed E-state index contributed by atoms with van der Waals surface area (Å²) < 4.78 is 7.50. The summed E-state index contributed by atoms with van der Waals surface area (Å²) in [4.78, 5) is 7.04. The molecule has 2 aliphatic rings. The maximum atomic E-state index is 5.62. The first-order chi connectivity index (χ1) is 11.7. The second-order valence-corrected chi connectivity index (χ2v) is 6.76. The number of likely N-dealkylation sites (tertiary alicyclic amines) is 1. The van der Waals surface area contributed by atoms with Crippen molar-refractivity contribution in [2.75, 3.05) is 39.9 Å². The van der Waals surface area contributed by atoms with Crippen LogP contribution in [0.2, 0.25) is 0 Å². The second-order valence-electron chi connectivity index (χ2n) is 6.76. The van der Waals surface area contributed by atoms with Crippen molar-refractivity contribution in [3.63, 3.8) is 0 Å². The van der Waals surface area contributed by atoms with Gasteiger partial charge in [0.15, 0.2) is 5.96 Å². The summed E-state index contributed by atoms with van der Waals surface area (Å²) in [5.74, 6) is 0.848. The fraction of sp³-hybridized carbons (Fsp3) is 0.765. The fourth-order valence-electron chi connectivity index (χ4n) is 3.77. The van der Waals surface area contributed by atoms with Gasteiger partial charge in [-0.05, 0) is 44.8 Å². The van der Waals surface area contributed by atoms with E-state index >= 15 is 0 Å². The highest BCUT2D eigenvalue weighted by Crippen LogP contribution is 2.30. The molecule has 0 aromatic carbocycles. The quantitative estimate of drug-likeness (QED) is 0.614. The van der Waals surface area contributed by atoms with Gasteiger partial charge in [0.1, 0.15) is 0 Å². The third kappa shape index (κ3) is 3.89. The lowest BCUT2D eigenvalue weighted by Gasteiger charge is -2.45. The Bertz CT molecular complexity index is 543. The number of hydrogen-bond donors (Lipinski definition) is 2. The minimum atomic E-state index is 0.207. The number of guanidine groups is 1. The largest absolute Gasteiger partial charge is 0.381 e. The minimum Gasteiger partial charge on any atom is -0.381 e. The highest BCUT2D eigenvalue weighted by atomic mass is 16.5. The third-order valence-electron chi connectivity index (χ3n) is 5.37. The van der Waals surface area contributed by atoms with Gasteiger partial charge in [-0.25, -0.2) is 0 Å². The van der Waals surface area contributed by atoms with Crippen LogP contribution in [0.3, 0.4) is 0 Å². The normalized spacial score (nSPS) is 21.8. The summed E-state index contributed by atoms with van der Waals surface area (Å²) in [6.07, 6.45) is 6.64. The summed E-state index contributed by atoms with van der Waals surface area (Å²) in [7, 11) is 3.78.